The van der Waals surface area contributed by atoms with E-state index in [9.17, 15) is 4.79 Å². The van der Waals surface area contributed by atoms with Crippen LogP contribution in [0.1, 0.15) is 29.0 Å². The van der Waals surface area contributed by atoms with Crippen molar-refractivity contribution in [2.24, 2.45) is 0 Å². The predicted molar refractivity (Wildman–Crippen MR) is 105 cm³/mol. The molecule has 5 heteroatoms. The fourth-order valence-electron chi connectivity index (χ4n) is 3.86. The number of rotatable bonds is 3. The molecule has 4 rings (SSSR count). The Labute approximate surface area is 160 Å². The highest BCUT2D eigenvalue weighted by Gasteiger charge is 2.30. The number of nitrogens with one attached hydrogen (secondary N) is 1. The zero-order valence-corrected chi connectivity index (χ0v) is 15.6. The predicted octanol–water partition coefficient (Wildman–Crippen LogP) is 2.96. The lowest BCUT2D eigenvalue weighted by molar-refractivity contribution is -0.133. The fourth-order valence-corrected chi connectivity index (χ4v) is 3.86. The number of halogens is 1. The van der Waals surface area contributed by atoms with E-state index in [4.69, 9.17) is 4.74 Å². The number of carbonyl (C=O) groups excluding carboxylic acids is 1. The molecule has 0 bridgehead atoms. The second kappa shape index (κ2) is 8.67. The van der Waals surface area contributed by atoms with Crippen LogP contribution in [0.4, 0.5) is 0 Å². The van der Waals surface area contributed by atoms with Crippen LogP contribution in [0.5, 0.6) is 0 Å². The Kier molecular flexibility index (Phi) is 6.30. The molecule has 1 amide bonds. The number of hydrogen-bond acceptors (Lipinski definition) is 3. The number of fused-ring (bicyclic) bond motifs is 1. The lowest BCUT2D eigenvalue weighted by atomic mass is 9.84. The van der Waals surface area contributed by atoms with E-state index in [1.807, 2.05) is 11.0 Å². The molecule has 2 aliphatic rings. The molecule has 1 N–H and O–H groups in total. The van der Waals surface area contributed by atoms with Crippen molar-refractivity contribution in [3.63, 3.8) is 0 Å². The molecule has 2 unspecified atom stereocenters. The average Bonchev–Trinajstić information content (AvgIpc) is 2.68. The van der Waals surface area contributed by atoms with Crippen molar-refractivity contribution in [3.8, 4) is 0 Å². The molecule has 2 aromatic carbocycles. The molecule has 0 spiro atoms. The van der Waals surface area contributed by atoms with Gasteiger partial charge in [-0.3, -0.25) is 4.79 Å². The van der Waals surface area contributed by atoms with Crippen LogP contribution in [0.15, 0.2) is 54.6 Å². The Morgan fingerprint density at radius 2 is 1.88 bits per heavy atom. The number of carbonyl (C=O) groups is 1. The smallest absolute Gasteiger partial charge is 0.224 e. The van der Waals surface area contributed by atoms with Gasteiger partial charge in [0.2, 0.25) is 5.91 Å². The van der Waals surface area contributed by atoms with Gasteiger partial charge in [-0.25, -0.2) is 0 Å². The van der Waals surface area contributed by atoms with E-state index in [1.165, 1.54) is 16.7 Å². The first kappa shape index (κ1) is 18.9. The molecule has 138 valence electrons. The van der Waals surface area contributed by atoms with Crippen LogP contribution >= 0.6 is 12.4 Å². The van der Waals surface area contributed by atoms with Gasteiger partial charge in [-0.1, -0.05) is 54.6 Å². The molecule has 26 heavy (non-hydrogen) atoms. The third-order valence-corrected chi connectivity index (χ3v) is 5.17. The summed E-state index contributed by atoms with van der Waals surface area (Å²) in [6.45, 7) is 3.63. The Hall–Kier alpha value is -1.88. The molecule has 1 saturated heterocycles. The third kappa shape index (κ3) is 4.09. The molecule has 0 aromatic heterocycles. The SMILES string of the molecule is Cl.O=C(CC1COCCN1)N1Cc2ccccc2C(c2ccccc2)C1. The summed E-state index contributed by atoms with van der Waals surface area (Å²) in [7, 11) is 0. The largest absolute Gasteiger partial charge is 0.378 e. The number of amides is 1. The lowest BCUT2D eigenvalue weighted by Crippen LogP contribution is -2.46. The van der Waals surface area contributed by atoms with Gasteiger partial charge < -0.3 is 15.0 Å². The number of ether oxygens (including phenoxy) is 1. The summed E-state index contributed by atoms with van der Waals surface area (Å²) in [4.78, 5) is 14.9. The molecule has 0 saturated carbocycles. The Morgan fingerprint density at radius 1 is 1.12 bits per heavy atom. The van der Waals surface area contributed by atoms with Gasteiger partial charge in [0.15, 0.2) is 0 Å². The van der Waals surface area contributed by atoms with Crippen LogP contribution in [0.2, 0.25) is 0 Å². The van der Waals surface area contributed by atoms with Crippen molar-refractivity contribution in [2.45, 2.75) is 24.9 Å². The Morgan fingerprint density at radius 3 is 2.65 bits per heavy atom. The van der Waals surface area contributed by atoms with Gasteiger partial charge in [-0.2, -0.15) is 0 Å². The monoisotopic (exact) mass is 372 g/mol. The van der Waals surface area contributed by atoms with Crippen molar-refractivity contribution >= 4 is 18.3 Å². The molecule has 2 atom stereocenters. The number of morpholine rings is 1. The van der Waals surface area contributed by atoms with Crippen LogP contribution in [0, 0.1) is 0 Å². The standard InChI is InChI=1S/C21H24N2O2.ClH/c24-21(12-18-15-25-11-10-22-18)23-13-17-8-4-5-9-19(17)20(14-23)16-6-2-1-3-7-16;/h1-9,18,20,22H,10-15H2;1H. The van der Waals surface area contributed by atoms with Crippen LogP contribution in [0.25, 0.3) is 0 Å². The van der Waals surface area contributed by atoms with Gasteiger partial charge >= 0.3 is 0 Å². The molecule has 2 heterocycles. The molecular weight excluding hydrogens is 348 g/mol. The molecular formula is C21H25ClN2O2. The van der Waals surface area contributed by atoms with Gasteiger partial charge in [0.05, 0.1) is 13.2 Å². The minimum absolute atomic E-state index is 0. The summed E-state index contributed by atoms with van der Waals surface area (Å²) >= 11 is 0. The second-order valence-electron chi connectivity index (χ2n) is 6.87. The fraction of sp³-hybridized carbons (Fsp3) is 0.381. The van der Waals surface area contributed by atoms with Crippen molar-refractivity contribution in [3.05, 3.63) is 71.3 Å². The van der Waals surface area contributed by atoms with E-state index in [2.05, 4.69) is 53.8 Å². The van der Waals surface area contributed by atoms with Gasteiger partial charge in [0, 0.05) is 38.0 Å². The van der Waals surface area contributed by atoms with Crippen LogP contribution < -0.4 is 5.32 Å². The number of hydrogen-bond donors (Lipinski definition) is 1. The van der Waals surface area contributed by atoms with E-state index in [1.54, 1.807) is 0 Å². The van der Waals surface area contributed by atoms with Crippen LogP contribution in [0.3, 0.4) is 0 Å². The maximum absolute atomic E-state index is 12.9. The molecule has 4 nitrogen and oxygen atoms in total. The summed E-state index contributed by atoms with van der Waals surface area (Å²) in [6.07, 6.45) is 0.504. The maximum atomic E-state index is 12.9. The van der Waals surface area contributed by atoms with Crippen LogP contribution in [-0.2, 0) is 16.1 Å². The van der Waals surface area contributed by atoms with Crippen molar-refractivity contribution in [1.29, 1.82) is 0 Å². The Balaban J connectivity index is 0.00000196. The topological polar surface area (TPSA) is 41.6 Å². The molecule has 2 aliphatic heterocycles. The van der Waals surface area contributed by atoms with Gasteiger partial charge in [0.25, 0.3) is 0 Å². The molecule has 2 aromatic rings. The molecule has 0 radical (unpaired) electrons. The zero-order chi connectivity index (χ0) is 17.1. The van der Waals surface area contributed by atoms with Crippen LogP contribution in [-0.4, -0.2) is 43.2 Å². The summed E-state index contributed by atoms with van der Waals surface area (Å²) in [5.41, 5.74) is 3.87. The Bertz CT molecular complexity index is 732. The highest BCUT2D eigenvalue weighted by molar-refractivity contribution is 5.85. The minimum Gasteiger partial charge on any atom is -0.378 e. The van der Waals surface area contributed by atoms with E-state index >= 15 is 0 Å². The maximum Gasteiger partial charge on any atom is 0.224 e. The molecule has 0 aliphatic carbocycles. The van der Waals surface area contributed by atoms with E-state index in [0.29, 0.717) is 19.6 Å². The van der Waals surface area contributed by atoms with E-state index in [0.717, 1.165) is 19.7 Å². The average molecular weight is 373 g/mol. The van der Waals surface area contributed by atoms with E-state index < -0.39 is 0 Å². The highest BCUT2D eigenvalue weighted by atomic mass is 35.5. The normalized spacial score (nSPS) is 22.2. The lowest BCUT2D eigenvalue weighted by Gasteiger charge is -2.36. The van der Waals surface area contributed by atoms with Gasteiger partial charge in [-0.15, -0.1) is 12.4 Å². The minimum atomic E-state index is 0. The van der Waals surface area contributed by atoms with Crippen molar-refractivity contribution in [2.75, 3.05) is 26.3 Å². The van der Waals surface area contributed by atoms with Gasteiger partial charge in [-0.05, 0) is 16.7 Å². The number of benzene rings is 2. The quantitative estimate of drug-likeness (QED) is 0.900. The molecule has 1 fully saturated rings. The third-order valence-electron chi connectivity index (χ3n) is 5.17. The summed E-state index contributed by atoms with van der Waals surface area (Å²) in [6, 6.07) is 19.1. The van der Waals surface area contributed by atoms with E-state index in [-0.39, 0.29) is 30.3 Å². The highest BCUT2D eigenvalue weighted by Crippen LogP contribution is 2.33. The first-order chi connectivity index (χ1) is 12.3. The number of nitrogens with zero attached hydrogens (tertiary/aromatic N) is 1. The summed E-state index contributed by atoms with van der Waals surface area (Å²) < 4.78 is 5.48. The van der Waals surface area contributed by atoms with Crippen molar-refractivity contribution in [1.82, 2.24) is 10.2 Å². The van der Waals surface area contributed by atoms with Crippen molar-refractivity contribution < 1.29 is 9.53 Å². The second-order valence-corrected chi connectivity index (χ2v) is 6.87. The summed E-state index contributed by atoms with van der Waals surface area (Å²) in [5.74, 6) is 0.448. The summed E-state index contributed by atoms with van der Waals surface area (Å²) in [5, 5.41) is 3.38. The first-order valence-corrected chi connectivity index (χ1v) is 9.03. The van der Waals surface area contributed by atoms with Gasteiger partial charge in [0.1, 0.15) is 0 Å². The zero-order valence-electron chi connectivity index (χ0n) is 14.8. The first-order valence-electron chi connectivity index (χ1n) is 9.03.